The average molecular weight is 544 g/mol. The largest absolute Gasteiger partial charge is 0.494 e. The van der Waals surface area contributed by atoms with Crippen molar-refractivity contribution >= 4 is 51.7 Å². The Balaban J connectivity index is 1.72. The minimum absolute atomic E-state index is 0.0891. The molecule has 11 nitrogen and oxygen atoms in total. The van der Waals surface area contributed by atoms with Gasteiger partial charge in [0.05, 0.1) is 30.4 Å². The molecule has 0 spiro atoms. The van der Waals surface area contributed by atoms with Crippen molar-refractivity contribution < 1.29 is 9.53 Å². The standard InChI is InChI=1S/C29H37N9O2/c1-8-26(39)32-21-16-22(25(40-7)17-24(21)37(6)15-14-36(4)5)33-28-30-18-23-27(35-28)38(19(2)3)29(34-23)31-20-12-10-9-11-13-20/h8-13,16-19H,1,14-15H2,2-7H3,(H,31,34)(H,32,39)(H,30,33,35). The molecule has 0 saturated heterocycles. The maximum Gasteiger partial charge on any atom is 0.247 e. The second kappa shape index (κ2) is 12.5. The van der Waals surface area contributed by atoms with E-state index in [0.29, 0.717) is 40.2 Å². The van der Waals surface area contributed by atoms with Crippen LogP contribution in [0.1, 0.15) is 19.9 Å². The van der Waals surface area contributed by atoms with Crippen LogP contribution in [0.5, 0.6) is 5.75 Å². The summed E-state index contributed by atoms with van der Waals surface area (Å²) in [5.74, 6) is 1.32. The first-order chi connectivity index (χ1) is 19.2. The molecule has 0 atom stereocenters. The van der Waals surface area contributed by atoms with Crippen molar-refractivity contribution in [1.82, 2.24) is 24.4 Å². The van der Waals surface area contributed by atoms with Gasteiger partial charge >= 0.3 is 0 Å². The fraction of sp³-hybridized carbons (Fsp3) is 0.310. The van der Waals surface area contributed by atoms with Crippen LogP contribution in [0.2, 0.25) is 0 Å². The van der Waals surface area contributed by atoms with Crippen LogP contribution in [0.3, 0.4) is 0 Å². The first-order valence-electron chi connectivity index (χ1n) is 13.1. The summed E-state index contributed by atoms with van der Waals surface area (Å²) in [7, 11) is 7.61. The third-order valence-electron chi connectivity index (χ3n) is 6.28. The molecule has 0 aliphatic rings. The number of hydrogen-bond donors (Lipinski definition) is 3. The van der Waals surface area contributed by atoms with Gasteiger partial charge in [0.25, 0.3) is 0 Å². The van der Waals surface area contributed by atoms with Gasteiger partial charge in [0.15, 0.2) is 5.65 Å². The van der Waals surface area contributed by atoms with Crippen molar-refractivity contribution in [3.8, 4) is 5.75 Å². The quantitative estimate of drug-likeness (QED) is 0.212. The topological polar surface area (TPSA) is 112 Å². The molecule has 4 aromatic rings. The lowest BCUT2D eigenvalue weighted by Gasteiger charge is -2.26. The van der Waals surface area contributed by atoms with Crippen molar-refractivity contribution in [2.45, 2.75) is 19.9 Å². The summed E-state index contributed by atoms with van der Waals surface area (Å²) in [6, 6.07) is 13.7. The minimum atomic E-state index is -0.310. The second-order valence-corrected chi connectivity index (χ2v) is 9.91. The van der Waals surface area contributed by atoms with Gasteiger partial charge in [0, 0.05) is 37.9 Å². The van der Waals surface area contributed by atoms with E-state index in [2.05, 4.69) is 51.2 Å². The number of rotatable bonds is 12. The molecule has 210 valence electrons. The maximum atomic E-state index is 12.3. The first kappa shape index (κ1) is 28.4. The van der Waals surface area contributed by atoms with Crippen molar-refractivity contribution in [3.05, 3.63) is 61.3 Å². The second-order valence-electron chi connectivity index (χ2n) is 9.91. The molecule has 2 aromatic carbocycles. The van der Waals surface area contributed by atoms with Gasteiger partial charge in [-0.3, -0.25) is 9.36 Å². The van der Waals surface area contributed by atoms with Gasteiger partial charge < -0.3 is 30.5 Å². The molecule has 0 saturated carbocycles. The van der Waals surface area contributed by atoms with E-state index < -0.39 is 0 Å². The van der Waals surface area contributed by atoms with E-state index >= 15 is 0 Å². The first-order valence-corrected chi connectivity index (χ1v) is 13.1. The van der Waals surface area contributed by atoms with E-state index in [1.807, 2.05) is 68.2 Å². The summed E-state index contributed by atoms with van der Waals surface area (Å²) in [4.78, 5) is 30.5. The molecule has 0 unspecified atom stereocenters. The Bertz CT molecular complexity index is 1480. The third-order valence-corrected chi connectivity index (χ3v) is 6.28. The fourth-order valence-corrected chi connectivity index (χ4v) is 4.21. The zero-order valence-electron chi connectivity index (χ0n) is 23.9. The molecule has 1 amide bonds. The molecule has 3 N–H and O–H groups in total. The number of nitrogens with zero attached hydrogens (tertiary/aromatic N) is 6. The summed E-state index contributed by atoms with van der Waals surface area (Å²) < 4.78 is 7.76. The highest BCUT2D eigenvalue weighted by molar-refractivity contribution is 6.02. The Kier molecular flexibility index (Phi) is 8.85. The van der Waals surface area contributed by atoms with Crippen LogP contribution in [0.4, 0.5) is 34.6 Å². The highest BCUT2D eigenvalue weighted by atomic mass is 16.5. The molecule has 0 fully saturated rings. The minimum Gasteiger partial charge on any atom is -0.494 e. The van der Waals surface area contributed by atoms with Gasteiger partial charge in [-0.1, -0.05) is 24.8 Å². The fourth-order valence-electron chi connectivity index (χ4n) is 4.21. The van der Waals surface area contributed by atoms with E-state index in [9.17, 15) is 4.79 Å². The highest BCUT2D eigenvalue weighted by Crippen LogP contribution is 2.38. The third kappa shape index (κ3) is 6.49. The van der Waals surface area contributed by atoms with E-state index in [4.69, 9.17) is 14.7 Å². The van der Waals surface area contributed by atoms with E-state index in [-0.39, 0.29) is 11.9 Å². The van der Waals surface area contributed by atoms with Gasteiger partial charge in [0.2, 0.25) is 17.8 Å². The summed E-state index contributed by atoms with van der Waals surface area (Å²) in [5.41, 5.74) is 4.30. The number of likely N-dealkylation sites (N-methyl/N-ethyl adjacent to an activating group) is 2. The Morgan fingerprint density at radius 3 is 2.48 bits per heavy atom. The number of hydrogen-bond acceptors (Lipinski definition) is 9. The number of aromatic nitrogens is 4. The summed E-state index contributed by atoms with van der Waals surface area (Å²) in [5, 5.41) is 9.58. The number of imidazole rings is 1. The van der Waals surface area contributed by atoms with Crippen LogP contribution in [0.25, 0.3) is 11.2 Å². The van der Waals surface area contributed by atoms with Crippen molar-refractivity contribution in [1.29, 1.82) is 0 Å². The number of ether oxygens (including phenoxy) is 1. The molecule has 2 aromatic heterocycles. The molecular formula is C29H37N9O2. The van der Waals surface area contributed by atoms with Crippen LogP contribution in [-0.2, 0) is 4.79 Å². The predicted octanol–water partition coefficient (Wildman–Crippen LogP) is 5.03. The van der Waals surface area contributed by atoms with Gasteiger partial charge in [-0.15, -0.1) is 0 Å². The van der Waals surface area contributed by atoms with Crippen LogP contribution in [-0.4, -0.2) is 71.7 Å². The van der Waals surface area contributed by atoms with Crippen LogP contribution in [0, 0.1) is 0 Å². The number of nitrogens with one attached hydrogen (secondary N) is 3. The lowest BCUT2D eigenvalue weighted by molar-refractivity contribution is -0.111. The van der Waals surface area contributed by atoms with Crippen molar-refractivity contribution in [3.63, 3.8) is 0 Å². The Hall–Kier alpha value is -4.64. The number of carbonyl (C=O) groups is 1. The number of anilines is 6. The van der Waals surface area contributed by atoms with Crippen LogP contribution >= 0.6 is 0 Å². The maximum absolute atomic E-state index is 12.3. The van der Waals surface area contributed by atoms with Crippen molar-refractivity contribution in [2.75, 3.05) is 62.2 Å². The number of benzene rings is 2. The number of methoxy groups -OCH3 is 1. The number of amides is 1. The van der Waals surface area contributed by atoms with E-state index in [1.54, 1.807) is 13.3 Å². The molecule has 2 heterocycles. The normalized spacial score (nSPS) is 11.1. The highest BCUT2D eigenvalue weighted by Gasteiger charge is 2.19. The lowest BCUT2D eigenvalue weighted by atomic mass is 10.2. The monoisotopic (exact) mass is 543 g/mol. The average Bonchev–Trinajstić information content (AvgIpc) is 3.29. The summed E-state index contributed by atoms with van der Waals surface area (Å²) in [6.45, 7) is 9.33. The molecule has 40 heavy (non-hydrogen) atoms. The van der Waals surface area contributed by atoms with Crippen LogP contribution < -0.4 is 25.6 Å². The molecule has 4 rings (SSSR count). The molecule has 0 radical (unpaired) electrons. The lowest BCUT2D eigenvalue weighted by Crippen LogP contribution is -2.29. The molecule has 0 aliphatic heterocycles. The van der Waals surface area contributed by atoms with Gasteiger partial charge in [-0.2, -0.15) is 4.98 Å². The summed E-state index contributed by atoms with van der Waals surface area (Å²) in [6.07, 6.45) is 2.93. The van der Waals surface area contributed by atoms with E-state index in [0.717, 1.165) is 24.5 Å². The van der Waals surface area contributed by atoms with Gasteiger partial charge in [-0.05, 0) is 52.2 Å². The smallest absolute Gasteiger partial charge is 0.247 e. The van der Waals surface area contributed by atoms with Gasteiger partial charge in [-0.25, -0.2) is 9.97 Å². The molecular weight excluding hydrogens is 506 g/mol. The van der Waals surface area contributed by atoms with E-state index in [1.165, 1.54) is 6.08 Å². The molecule has 11 heteroatoms. The molecule has 0 aliphatic carbocycles. The SMILES string of the molecule is C=CC(=O)Nc1cc(Nc2ncc3nc(Nc4ccccc4)n(C(C)C)c3n2)c(OC)cc1N(C)CCN(C)C. The number of para-hydroxylation sites is 1. The number of carbonyl (C=O) groups excluding carboxylic acids is 1. The number of fused-ring (bicyclic) bond motifs is 1. The zero-order valence-corrected chi connectivity index (χ0v) is 23.9. The van der Waals surface area contributed by atoms with Crippen LogP contribution in [0.15, 0.2) is 61.3 Å². The van der Waals surface area contributed by atoms with Gasteiger partial charge in [0.1, 0.15) is 11.3 Å². The zero-order chi connectivity index (χ0) is 28.8. The summed E-state index contributed by atoms with van der Waals surface area (Å²) >= 11 is 0. The Morgan fingerprint density at radius 1 is 1.07 bits per heavy atom. The molecule has 0 bridgehead atoms. The Morgan fingerprint density at radius 2 is 1.82 bits per heavy atom. The predicted molar refractivity (Wildman–Crippen MR) is 162 cm³/mol. The van der Waals surface area contributed by atoms with Crippen molar-refractivity contribution in [2.24, 2.45) is 0 Å². The Labute approximate surface area is 234 Å².